The zero-order valence-corrected chi connectivity index (χ0v) is 17.3. The molecule has 140 valence electrons. The van der Waals surface area contributed by atoms with E-state index in [2.05, 4.69) is 28.6 Å². The van der Waals surface area contributed by atoms with Crippen LogP contribution in [0.25, 0.3) is 10.2 Å². The van der Waals surface area contributed by atoms with E-state index in [1.807, 2.05) is 26.8 Å². The number of rotatable bonds is 4. The molecule has 3 rings (SSSR count). The van der Waals surface area contributed by atoms with E-state index in [4.69, 9.17) is 17.0 Å². The Morgan fingerprint density at radius 3 is 2.41 bits per heavy atom. The Labute approximate surface area is 167 Å². The summed E-state index contributed by atoms with van der Waals surface area (Å²) in [6, 6.07) is 11.1. The summed E-state index contributed by atoms with van der Waals surface area (Å²) in [6.45, 7) is 7.99. The highest BCUT2D eigenvalue weighted by Crippen LogP contribution is 2.30. The minimum atomic E-state index is -0.280. The van der Waals surface area contributed by atoms with Gasteiger partial charge in [0.15, 0.2) is 10.2 Å². The summed E-state index contributed by atoms with van der Waals surface area (Å²) in [6.07, 6.45) is 0.0857. The first-order chi connectivity index (χ1) is 12.8. The lowest BCUT2D eigenvalue weighted by atomic mass is 10.1. The van der Waals surface area contributed by atoms with Crippen LogP contribution in [0.15, 0.2) is 36.4 Å². The predicted molar refractivity (Wildman–Crippen MR) is 115 cm³/mol. The molecule has 1 amide bonds. The van der Waals surface area contributed by atoms with Crippen LogP contribution >= 0.6 is 23.6 Å². The van der Waals surface area contributed by atoms with Crippen molar-refractivity contribution in [1.29, 1.82) is 0 Å². The van der Waals surface area contributed by atoms with Gasteiger partial charge in [-0.05, 0) is 75.3 Å². The number of amides is 1. The number of hydrogen-bond donors (Lipinski definition) is 2. The number of nitrogens with one attached hydrogen (secondary N) is 2. The first kappa shape index (κ1) is 19.3. The third-order valence-corrected chi connectivity index (χ3v) is 5.19. The lowest BCUT2D eigenvalue weighted by molar-refractivity contribution is 0.0977. The molecule has 5 nitrogen and oxygen atoms in total. The zero-order chi connectivity index (χ0) is 19.6. The number of aromatic nitrogens is 1. The molecule has 0 aliphatic heterocycles. The summed E-state index contributed by atoms with van der Waals surface area (Å²) < 4.78 is 6.70. The number of thiocarbonyl (C=S) groups is 1. The molecule has 0 aliphatic carbocycles. The van der Waals surface area contributed by atoms with E-state index in [-0.39, 0.29) is 17.1 Å². The first-order valence-corrected chi connectivity index (χ1v) is 9.82. The van der Waals surface area contributed by atoms with E-state index >= 15 is 0 Å². The van der Waals surface area contributed by atoms with Crippen molar-refractivity contribution in [3.8, 4) is 5.75 Å². The maximum Gasteiger partial charge on any atom is 0.257 e. The van der Waals surface area contributed by atoms with E-state index in [0.29, 0.717) is 10.7 Å². The van der Waals surface area contributed by atoms with Crippen LogP contribution in [0.5, 0.6) is 5.75 Å². The highest BCUT2D eigenvalue weighted by molar-refractivity contribution is 7.80. The molecular formula is C20H21N3O2S2. The van der Waals surface area contributed by atoms with Gasteiger partial charge in [-0.2, -0.15) is 0 Å². The van der Waals surface area contributed by atoms with Gasteiger partial charge in [0, 0.05) is 5.56 Å². The number of hydrogen-bond acceptors (Lipinski definition) is 5. The van der Waals surface area contributed by atoms with Crippen molar-refractivity contribution in [3.05, 3.63) is 53.1 Å². The highest BCUT2D eigenvalue weighted by atomic mass is 32.1. The second kappa shape index (κ2) is 8.02. The van der Waals surface area contributed by atoms with E-state index in [1.54, 1.807) is 24.3 Å². The van der Waals surface area contributed by atoms with E-state index < -0.39 is 0 Å². The summed E-state index contributed by atoms with van der Waals surface area (Å²) in [5.74, 6) is 0.444. The topological polar surface area (TPSA) is 63.2 Å². The maximum atomic E-state index is 12.4. The number of carbonyl (C=O) groups is 1. The number of aryl methyl sites for hydroxylation is 2. The van der Waals surface area contributed by atoms with Crippen LogP contribution in [0, 0.1) is 13.8 Å². The molecule has 2 aromatic carbocycles. The Morgan fingerprint density at radius 2 is 1.78 bits per heavy atom. The van der Waals surface area contributed by atoms with Crippen LogP contribution in [0.4, 0.5) is 5.13 Å². The van der Waals surface area contributed by atoms with Gasteiger partial charge >= 0.3 is 0 Å². The number of fused-ring (bicyclic) bond motifs is 1. The van der Waals surface area contributed by atoms with Crippen LogP contribution < -0.4 is 15.4 Å². The zero-order valence-electron chi connectivity index (χ0n) is 15.6. The van der Waals surface area contributed by atoms with Crippen LogP contribution in [0.1, 0.15) is 35.3 Å². The van der Waals surface area contributed by atoms with Crippen molar-refractivity contribution in [2.24, 2.45) is 0 Å². The third-order valence-electron chi connectivity index (χ3n) is 3.88. The average Bonchev–Trinajstić information content (AvgIpc) is 3.03. The van der Waals surface area contributed by atoms with Gasteiger partial charge < -0.3 is 10.1 Å². The van der Waals surface area contributed by atoms with Crippen LogP contribution in [0.3, 0.4) is 0 Å². The molecule has 1 heterocycles. The van der Waals surface area contributed by atoms with Crippen LogP contribution in [-0.4, -0.2) is 22.1 Å². The summed E-state index contributed by atoms with van der Waals surface area (Å²) in [7, 11) is 0. The Kier molecular flexibility index (Phi) is 5.72. The molecule has 0 aliphatic rings. The molecule has 0 radical (unpaired) electrons. The fraction of sp³-hybridized carbons (Fsp3) is 0.250. The van der Waals surface area contributed by atoms with Gasteiger partial charge in [0.2, 0.25) is 0 Å². The van der Waals surface area contributed by atoms with Crippen molar-refractivity contribution in [1.82, 2.24) is 10.3 Å². The fourth-order valence-corrected chi connectivity index (χ4v) is 3.84. The van der Waals surface area contributed by atoms with Gasteiger partial charge in [-0.15, -0.1) is 0 Å². The highest BCUT2D eigenvalue weighted by Gasteiger charge is 2.12. The minimum Gasteiger partial charge on any atom is -0.491 e. The number of ether oxygens (including phenoxy) is 1. The van der Waals surface area contributed by atoms with Crippen molar-refractivity contribution < 1.29 is 9.53 Å². The van der Waals surface area contributed by atoms with Gasteiger partial charge in [0.25, 0.3) is 5.91 Å². The lowest BCUT2D eigenvalue weighted by Crippen LogP contribution is -2.34. The molecule has 0 saturated carbocycles. The summed E-state index contributed by atoms with van der Waals surface area (Å²) in [4.78, 5) is 16.9. The standard InChI is InChI=1S/C20H21N3O2S2/c1-11(2)25-15-9-7-14(8-10-15)18(24)22-19(26)23-20-21-16-12(3)5-6-13(4)17(16)27-20/h5-11H,1-4H3,(H2,21,22,23,24,26). The van der Waals surface area contributed by atoms with E-state index in [9.17, 15) is 4.79 Å². The molecule has 7 heteroatoms. The molecule has 27 heavy (non-hydrogen) atoms. The Morgan fingerprint density at radius 1 is 1.11 bits per heavy atom. The molecule has 3 aromatic rings. The maximum absolute atomic E-state index is 12.4. The molecule has 0 fully saturated rings. The van der Waals surface area contributed by atoms with Gasteiger partial charge in [-0.1, -0.05) is 23.5 Å². The number of benzene rings is 2. The summed E-state index contributed by atoms with van der Waals surface area (Å²) in [5.41, 5.74) is 3.74. The lowest BCUT2D eigenvalue weighted by Gasteiger charge is -2.10. The van der Waals surface area contributed by atoms with E-state index in [0.717, 1.165) is 21.5 Å². The van der Waals surface area contributed by atoms with Crippen molar-refractivity contribution in [2.45, 2.75) is 33.8 Å². The Balaban J connectivity index is 1.66. The fourth-order valence-electron chi connectivity index (χ4n) is 2.57. The number of carbonyl (C=O) groups excluding carboxylic acids is 1. The van der Waals surface area contributed by atoms with Crippen molar-refractivity contribution in [3.63, 3.8) is 0 Å². The average molecular weight is 400 g/mol. The molecular weight excluding hydrogens is 378 g/mol. The normalized spacial score (nSPS) is 10.9. The second-order valence-corrected chi connectivity index (χ2v) is 7.90. The Hall–Kier alpha value is -2.51. The minimum absolute atomic E-state index is 0.0857. The van der Waals surface area contributed by atoms with E-state index in [1.165, 1.54) is 16.9 Å². The second-order valence-electron chi connectivity index (χ2n) is 6.50. The largest absolute Gasteiger partial charge is 0.491 e. The van der Waals surface area contributed by atoms with Gasteiger partial charge in [-0.3, -0.25) is 10.1 Å². The molecule has 1 aromatic heterocycles. The van der Waals surface area contributed by atoms with Crippen LogP contribution in [0.2, 0.25) is 0 Å². The molecule has 0 bridgehead atoms. The van der Waals surface area contributed by atoms with Gasteiger partial charge in [0.1, 0.15) is 5.75 Å². The SMILES string of the molecule is Cc1ccc(C)c2sc(NC(=S)NC(=O)c3ccc(OC(C)C)cc3)nc12. The van der Waals surface area contributed by atoms with Crippen LogP contribution in [-0.2, 0) is 0 Å². The molecule has 2 N–H and O–H groups in total. The van der Waals surface area contributed by atoms with Gasteiger partial charge in [-0.25, -0.2) is 4.98 Å². The summed E-state index contributed by atoms with van der Waals surface area (Å²) in [5, 5.41) is 6.57. The molecule has 0 spiro atoms. The predicted octanol–water partition coefficient (Wildman–Crippen LogP) is 4.83. The number of nitrogens with zero attached hydrogens (tertiary/aromatic N) is 1. The van der Waals surface area contributed by atoms with Crippen molar-refractivity contribution in [2.75, 3.05) is 5.32 Å². The molecule has 0 saturated heterocycles. The molecule has 0 unspecified atom stereocenters. The first-order valence-electron chi connectivity index (χ1n) is 8.59. The van der Waals surface area contributed by atoms with Crippen molar-refractivity contribution >= 4 is 49.9 Å². The quantitative estimate of drug-likeness (QED) is 0.616. The Bertz CT molecular complexity index is 955. The summed E-state index contributed by atoms with van der Waals surface area (Å²) >= 11 is 6.78. The number of anilines is 1. The third kappa shape index (κ3) is 4.61. The monoisotopic (exact) mass is 399 g/mol. The van der Waals surface area contributed by atoms with Gasteiger partial charge in [0.05, 0.1) is 16.3 Å². The smallest absolute Gasteiger partial charge is 0.257 e. The molecule has 0 atom stereocenters. The number of thiazole rings is 1.